The first-order valence-corrected chi connectivity index (χ1v) is 4.62. The summed E-state index contributed by atoms with van der Waals surface area (Å²) >= 11 is 0. The molecule has 0 spiro atoms. The van der Waals surface area contributed by atoms with Gasteiger partial charge in [0.1, 0.15) is 5.75 Å². The van der Waals surface area contributed by atoms with Crippen molar-refractivity contribution >= 4 is 11.8 Å². The smallest absolute Gasteiger partial charge is 0.258 e. The van der Waals surface area contributed by atoms with Gasteiger partial charge in [-0.05, 0) is 12.1 Å². The third kappa shape index (κ3) is 4.45. The summed E-state index contributed by atoms with van der Waals surface area (Å²) in [6.07, 6.45) is 0. The SMILES string of the molecule is NC(=O)CNC(=O)COc1ccc(F)c(F)c1. The zero-order valence-electron chi connectivity index (χ0n) is 8.70. The Kier molecular flexibility index (Phi) is 4.38. The van der Waals surface area contributed by atoms with Gasteiger partial charge in [0.25, 0.3) is 5.91 Å². The van der Waals surface area contributed by atoms with Gasteiger partial charge < -0.3 is 15.8 Å². The van der Waals surface area contributed by atoms with Crippen LogP contribution >= 0.6 is 0 Å². The molecule has 5 nitrogen and oxygen atoms in total. The summed E-state index contributed by atoms with van der Waals surface area (Å²) < 4.78 is 30.2. The van der Waals surface area contributed by atoms with Gasteiger partial charge in [-0.15, -0.1) is 0 Å². The fourth-order valence-electron chi connectivity index (χ4n) is 0.952. The maximum atomic E-state index is 12.7. The molecule has 0 aromatic heterocycles. The molecular formula is C10H10F2N2O3. The van der Waals surface area contributed by atoms with Crippen LogP contribution in [0.1, 0.15) is 0 Å². The largest absolute Gasteiger partial charge is 0.484 e. The first-order chi connectivity index (χ1) is 7.99. The second-order valence-corrected chi connectivity index (χ2v) is 3.11. The van der Waals surface area contributed by atoms with Crippen LogP contribution < -0.4 is 15.8 Å². The van der Waals surface area contributed by atoms with E-state index in [1.807, 2.05) is 0 Å². The molecule has 7 heteroatoms. The molecule has 3 N–H and O–H groups in total. The lowest BCUT2D eigenvalue weighted by atomic mass is 10.3. The zero-order chi connectivity index (χ0) is 12.8. The molecule has 0 radical (unpaired) electrons. The summed E-state index contributed by atoms with van der Waals surface area (Å²) in [5.74, 6) is -3.34. The van der Waals surface area contributed by atoms with E-state index in [2.05, 4.69) is 5.32 Å². The molecule has 0 heterocycles. The van der Waals surface area contributed by atoms with Crippen LogP contribution in [0.15, 0.2) is 18.2 Å². The van der Waals surface area contributed by atoms with E-state index in [9.17, 15) is 18.4 Å². The second-order valence-electron chi connectivity index (χ2n) is 3.11. The predicted octanol–water partition coefficient (Wildman–Crippen LogP) is -0.0549. The van der Waals surface area contributed by atoms with Crippen LogP contribution in [-0.4, -0.2) is 25.0 Å². The number of amides is 2. The molecular weight excluding hydrogens is 234 g/mol. The van der Waals surface area contributed by atoms with E-state index < -0.39 is 30.1 Å². The molecule has 0 saturated carbocycles. The van der Waals surface area contributed by atoms with Gasteiger partial charge in [-0.3, -0.25) is 9.59 Å². The van der Waals surface area contributed by atoms with E-state index in [1.165, 1.54) is 6.07 Å². The summed E-state index contributed by atoms with van der Waals surface area (Å²) in [5, 5.41) is 2.17. The van der Waals surface area contributed by atoms with Gasteiger partial charge in [0.15, 0.2) is 18.2 Å². The molecule has 1 aromatic carbocycles. The number of ether oxygens (including phenoxy) is 1. The van der Waals surface area contributed by atoms with Crippen LogP contribution in [0.25, 0.3) is 0 Å². The lowest BCUT2D eigenvalue weighted by molar-refractivity contribution is -0.126. The van der Waals surface area contributed by atoms with Crippen LogP contribution in [0.3, 0.4) is 0 Å². The lowest BCUT2D eigenvalue weighted by Gasteiger charge is -2.06. The van der Waals surface area contributed by atoms with Gasteiger partial charge in [-0.2, -0.15) is 0 Å². The van der Waals surface area contributed by atoms with Gasteiger partial charge in [-0.25, -0.2) is 8.78 Å². The molecule has 0 aliphatic heterocycles. The minimum absolute atomic E-state index is 0.0122. The van der Waals surface area contributed by atoms with E-state index in [0.717, 1.165) is 12.1 Å². The van der Waals surface area contributed by atoms with Gasteiger partial charge in [-0.1, -0.05) is 0 Å². The molecule has 0 aliphatic carbocycles. The van der Waals surface area contributed by atoms with Crippen LogP contribution in [-0.2, 0) is 9.59 Å². The maximum Gasteiger partial charge on any atom is 0.258 e. The molecule has 0 atom stereocenters. The number of primary amides is 1. The molecule has 2 amide bonds. The number of nitrogens with one attached hydrogen (secondary N) is 1. The molecule has 0 aliphatic rings. The number of nitrogens with two attached hydrogens (primary N) is 1. The Bertz CT molecular complexity index is 438. The van der Waals surface area contributed by atoms with Crippen molar-refractivity contribution in [2.45, 2.75) is 0 Å². The van der Waals surface area contributed by atoms with Crippen molar-refractivity contribution in [3.05, 3.63) is 29.8 Å². The van der Waals surface area contributed by atoms with E-state index >= 15 is 0 Å². The highest BCUT2D eigenvalue weighted by Crippen LogP contribution is 2.14. The van der Waals surface area contributed by atoms with E-state index in [-0.39, 0.29) is 12.3 Å². The normalized spacial score (nSPS) is 9.76. The van der Waals surface area contributed by atoms with E-state index in [0.29, 0.717) is 0 Å². The minimum atomic E-state index is -1.07. The number of halogens is 2. The quantitative estimate of drug-likeness (QED) is 0.761. The number of carbonyl (C=O) groups excluding carboxylic acids is 2. The molecule has 0 saturated heterocycles. The van der Waals surface area contributed by atoms with Crippen molar-refractivity contribution in [1.29, 1.82) is 0 Å². The summed E-state index contributed by atoms with van der Waals surface area (Å²) in [6.45, 7) is -0.724. The van der Waals surface area contributed by atoms with Gasteiger partial charge in [0, 0.05) is 6.07 Å². The van der Waals surface area contributed by atoms with Crippen LogP contribution in [0.5, 0.6) is 5.75 Å². The summed E-state index contributed by atoms with van der Waals surface area (Å²) in [6, 6.07) is 2.88. The van der Waals surface area contributed by atoms with Crippen LogP contribution in [0, 0.1) is 11.6 Å². The summed E-state index contributed by atoms with van der Waals surface area (Å²) in [5.41, 5.74) is 4.80. The molecule has 92 valence electrons. The van der Waals surface area contributed by atoms with Gasteiger partial charge in [0.05, 0.1) is 6.54 Å². The minimum Gasteiger partial charge on any atom is -0.484 e. The number of hydrogen-bond acceptors (Lipinski definition) is 3. The fraction of sp³-hybridized carbons (Fsp3) is 0.200. The molecule has 0 unspecified atom stereocenters. The Morgan fingerprint density at radius 1 is 1.29 bits per heavy atom. The molecule has 17 heavy (non-hydrogen) atoms. The summed E-state index contributed by atoms with van der Waals surface area (Å²) in [7, 11) is 0. The number of rotatable bonds is 5. The zero-order valence-corrected chi connectivity index (χ0v) is 8.70. The van der Waals surface area contributed by atoms with Crippen molar-refractivity contribution in [2.75, 3.05) is 13.2 Å². The molecule has 0 fully saturated rings. The number of hydrogen-bond donors (Lipinski definition) is 2. The number of benzene rings is 1. The van der Waals surface area contributed by atoms with Crippen molar-refractivity contribution in [3.8, 4) is 5.75 Å². The highest BCUT2D eigenvalue weighted by molar-refractivity contribution is 5.84. The maximum absolute atomic E-state index is 12.7. The Labute approximate surface area is 95.5 Å². The van der Waals surface area contributed by atoms with Crippen molar-refractivity contribution in [2.24, 2.45) is 5.73 Å². The van der Waals surface area contributed by atoms with E-state index in [4.69, 9.17) is 10.5 Å². The second kappa shape index (κ2) is 5.78. The predicted molar refractivity (Wildman–Crippen MR) is 54.1 cm³/mol. The van der Waals surface area contributed by atoms with Crippen LogP contribution in [0.4, 0.5) is 8.78 Å². The average Bonchev–Trinajstić information content (AvgIpc) is 2.28. The van der Waals surface area contributed by atoms with Crippen molar-refractivity contribution < 1.29 is 23.1 Å². The van der Waals surface area contributed by atoms with Gasteiger partial charge >= 0.3 is 0 Å². The Morgan fingerprint density at radius 2 is 2.00 bits per heavy atom. The third-order valence-corrected chi connectivity index (χ3v) is 1.72. The average molecular weight is 244 g/mol. The monoisotopic (exact) mass is 244 g/mol. The topological polar surface area (TPSA) is 81.4 Å². The van der Waals surface area contributed by atoms with Crippen molar-refractivity contribution in [3.63, 3.8) is 0 Å². The Morgan fingerprint density at radius 3 is 2.59 bits per heavy atom. The van der Waals surface area contributed by atoms with Crippen LogP contribution in [0.2, 0.25) is 0 Å². The first kappa shape index (κ1) is 12.9. The fourth-order valence-corrected chi connectivity index (χ4v) is 0.952. The van der Waals surface area contributed by atoms with E-state index in [1.54, 1.807) is 0 Å². The standard InChI is InChI=1S/C10H10F2N2O3/c11-7-2-1-6(3-8(7)12)17-5-10(16)14-4-9(13)15/h1-3H,4-5H2,(H2,13,15)(H,14,16). The Balaban J connectivity index is 2.42. The lowest BCUT2D eigenvalue weighted by Crippen LogP contribution is -2.36. The van der Waals surface area contributed by atoms with Crippen molar-refractivity contribution in [1.82, 2.24) is 5.32 Å². The highest BCUT2D eigenvalue weighted by Gasteiger charge is 2.06. The summed E-state index contributed by atoms with van der Waals surface area (Å²) in [4.78, 5) is 21.4. The highest BCUT2D eigenvalue weighted by atomic mass is 19.2. The molecule has 1 aromatic rings. The van der Waals surface area contributed by atoms with Gasteiger partial charge in [0.2, 0.25) is 5.91 Å². The molecule has 1 rings (SSSR count). The third-order valence-electron chi connectivity index (χ3n) is 1.72. The Hall–Kier alpha value is -2.18. The first-order valence-electron chi connectivity index (χ1n) is 4.62. The molecule has 0 bridgehead atoms. The number of carbonyl (C=O) groups is 2.